The molecule has 1 aliphatic rings. The van der Waals surface area contributed by atoms with Crippen molar-refractivity contribution < 1.29 is 14.3 Å². The van der Waals surface area contributed by atoms with Crippen LogP contribution in [0.15, 0.2) is 141 Å². The minimum absolute atomic E-state index is 0.206. The fourth-order valence-corrected chi connectivity index (χ4v) is 7.67. The van der Waals surface area contributed by atoms with Crippen LogP contribution in [0.1, 0.15) is 37.9 Å². The van der Waals surface area contributed by atoms with Crippen LogP contribution in [0.25, 0.3) is 34.3 Å². The Morgan fingerprint density at radius 2 is 1.54 bits per heavy atom. The molecule has 1 atom stereocenters. The number of esters is 1. The van der Waals surface area contributed by atoms with Crippen molar-refractivity contribution in [2.45, 2.75) is 26.8 Å². The van der Waals surface area contributed by atoms with Crippen LogP contribution in [0, 0.1) is 0 Å². The van der Waals surface area contributed by atoms with Gasteiger partial charge < -0.3 is 14.0 Å². The van der Waals surface area contributed by atoms with Gasteiger partial charge in [-0.2, -0.15) is 0 Å². The lowest BCUT2D eigenvalue weighted by Gasteiger charge is -2.24. The van der Waals surface area contributed by atoms with E-state index in [1.54, 1.807) is 18.4 Å². The summed E-state index contributed by atoms with van der Waals surface area (Å²) in [6.45, 7) is 6.22. The smallest absolute Gasteiger partial charge is 0.338 e. The fourth-order valence-electron chi connectivity index (χ4n) is 6.37. The molecule has 0 aliphatic carbocycles. The van der Waals surface area contributed by atoms with Crippen molar-refractivity contribution in [2.75, 3.05) is 13.2 Å². The molecule has 7 nitrogen and oxygen atoms in total. The van der Waals surface area contributed by atoms with Gasteiger partial charge in [0.1, 0.15) is 5.75 Å². The number of aromatic nitrogens is 2. The molecule has 0 bridgehead atoms. The molecule has 0 saturated carbocycles. The summed E-state index contributed by atoms with van der Waals surface area (Å²) in [6, 6.07) is 37.6. The van der Waals surface area contributed by atoms with E-state index < -0.39 is 12.0 Å². The van der Waals surface area contributed by atoms with Gasteiger partial charge in [-0.25, -0.2) is 9.79 Å². The van der Waals surface area contributed by atoms with Crippen molar-refractivity contribution >= 4 is 39.3 Å². The molecule has 0 saturated heterocycles. The average molecular weight is 745 g/mol. The number of carbonyl (C=O) groups excluding carboxylic acids is 1. The van der Waals surface area contributed by atoms with E-state index in [4.69, 9.17) is 14.5 Å². The minimum Gasteiger partial charge on any atom is -0.494 e. The summed E-state index contributed by atoms with van der Waals surface area (Å²) < 4.78 is 16.5. The summed E-state index contributed by atoms with van der Waals surface area (Å²) in [4.78, 5) is 33.3. The Kier molecular flexibility index (Phi) is 9.52. The van der Waals surface area contributed by atoms with E-state index in [1.165, 1.54) is 11.3 Å². The zero-order chi connectivity index (χ0) is 34.8. The van der Waals surface area contributed by atoms with E-state index >= 15 is 0 Å². The zero-order valence-corrected chi connectivity index (χ0v) is 30.2. The number of allylic oxidation sites excluding steroid dienone is 1. The Labute approximate surface area is 302 Å². The van der Waals surface area contributed by atoms with Crippen LogP contribution in [-0.4, -0.2) is 28.3 Å². The maximum absolute atomic E-state index is 14.6. The molecule has 0 N–H and O–H groups in total. The highest BCUT2D eigenvalue weighted by atomic mass is 79.9. The lowest BCUT2D eigenvalue weighted by molar-refractivity contribution is -0.139. The van der Waals surface area contributed by atoms with Crippen molar-refractivity contribution in [3.05, 3.63) is 162 Å². The van der Waals surface area contributed by atoms with Gasteiger partial charge in [0.15, 0.2) is 4.80 Å². The van der Waals surface area contributed by atoms with Crippen molar-refractivity contribution in [3.63, 3.8) is 0 Å². The lowest BCUT2D eigenvalue weighted by Crippen LogP contribution is -2.39. The van der Waals surface area contributed by atoms with Crippen molar-refractivity contribution in [1.29, 1.82) is 0 Å². The Hall–Kier alpha value is -5.25. The Morgan fingerprint density at radius 3 is 2.18 bits per heavy atom. The van der Waals surface area contributed by atoms with Crippen molar-refractivity contribution in [3.8, 4) is 34.0 Å². The number of hydrogen-bond acceptors (Lipinski definition) is 6. The van der Waals surface area contributed by atoms with Crippen molar-refractivity contribution in [1.82, 2.24) is 9.13 Å². The molecule has 0 amide bonds. The average Bonchev–Trinajstić information content (AvgIpc) is 3.66. The maximum atomic E-state index is 14.6. The molecular formula is C41H34BrN3O4S. The molecular weight excluding hydrogens is 710 g/mol. The van der Waals surface area contributed by atoms with Gasteiger partial charge in [0.25, 0.3) is 5.56 Å². The summed E-state index contributed by atoms with van der Waals surface area (Å²) in [5.74, 6) is 0.215. The summed E-state index contributed by atoms with van der Waals surface area (Å²) in [5.41, 5.74) is 7.22. The predicted octanol–water partition coefficient (Wildman–Crippen LogP) is 8.08. The van der Waals surface area contributed by atoms with Crippen LogP contribution >= 0.6 is 27.3 Å². The number of halogens is 1. The molecule has 0 radical (unpaired) electrons. The first-order valence-corrected chi connectivity index (χ1v) is 18.0. The molecule has 9 heteroatoms. The number of rotatable bonds is 9. The van der Waals surface area contributed by atoms with E-state index in [0.29, 0.717) is 33.0 Å². The third kappa shape index (κ3) is 6.30. The van der Waals surface area contributed by atoms with Crippen LogP contribution in [-0.2, 0) is 9.53 Å². The number of nitrogens with zero attached hydrogens (tertiary/aromatic N) is 3. The summed E-state index contributed by atoms with van der Waals surface area (Å²) in [7, 11) is 0. The van der Waals surface area contributed by atoms with E-state index in [1.807, 2.05) is 85.8 Å². The number of hydrogen-bond donors (Lipinski definition) is 0. The van der Waals surface area contributed by atoms with Gasteiger partial charge in [-0.3, -0.25) is 9.36 Å². The van der Waals surface area contributed by atoms with E-state index in [0.717, 1.165) is 43.8 Å². The molecule has 4 aromatic carbocycles. The topological polar surface area (TPSA) is 74.8 Å². The van der Waals surface area contributed by atoms with Gasteiger partial charge in [-0.05, 0) is 86.0 Å². The summed E-state index contributed by atoms with van der Waals surface area (Å²) in [5, 5.41) is 0. The standard InChI is InChI=1S/C41H34BrN3O4S/c1-4-48-33-22-16-29(17-23-33)38-36(40(47)49-5-2)26(3)43-41-45(38)39(46)35(50-41)25-30-24-34(27-12-8-6-9-13-27)44(32-20-18-31(42)19-21-32)37(30)28-14-10-7-11-15-28/h6-25,38H,4-5H2,1-3H3/b35-25-. The lowest BCUT2D eigenvalue weighted by atomic mass is 9.96. The second-order valence-corrected chi connectivity index (χ2v) is 13.6. The number of fused-ring (bicyclic) bond motifs is 1. The number of carbonyl (C=O) groups is 1. The summed E-state index contributed by atoms with van der Waals surface area (Å²) in [6.07, 6.45) is 1.95. The molecule has 250 valence electrons. The van der Waals surface area contributed by atoms with Gasteiger partial charge in [0.2, 0.25) is 0 Å². The monoisotopic (exact) mass is 743 g/mol. The summed E-state index contributed by atoms with van der Waals surface area (Å²) >= 11 is 4.90. The Bertz CT molecular complexity index is 2390. The van der Waals surface area contributed by atoms with Crippen LogP contribution in [0.5, 0.6) is 5.75 Å². The first-order valence-electron chi connectivity index (χ1n) is 16.4. The van der Waals surface area contributed by atoms with Gasteiger partial charge in [-0.15, -0.1) is 0 Å². The third-order valence-corrected chi connectivity index (χ3v) is 10.1. The Balaban J connectivity index is 1.48. The quantitative estimate of drug-likeness (QED) is 0.140. The van der Waals surface area contributed by atoms with E-state index in [9.17, 15) is 9.59 Å². The minimum atomic E-state index is -0.719. The van der Waals surface area contributed by atoms with Crippen molar-refractivity contribution in [2.24, 2.45) is 4.99 Å². The first kappa shape index (κ1) is 33.3. The third-order valence-electron chi connectivity index (χ3n) is 8.54. The number of ether oxygens (including phenoxy) is 2. The molecule has 50 heavy (non-hydrogen) atoms. The maximum Gasteiger partial charge on any atom is 0.338 e. The first-order chi connectivity index (χ1) is 24.4. The van der Waals surface area contributed by atoms with Crippen LogP contribution in [0.4, 0.5) is 0 Å². The van der Waals surface area contributed by atoms with Crippen LogP contribution < -0.4 is 19.6 Å². The predicted molar refractivity (Wildman–Crippen MR) is 202 cm³/mol. The molecule has 6 aromatic rings. The number of benzene rings is 4. The van der Waals surface area contributed by atoms with Crippen LogP contribution in [0.2, 0.25) is 0 Å². The van der Waals surface area contributed by atoms with Gasteiger partial charge in [-0.1, -0.05) is 100 Å². The van der Waals surface area contributed by atoms with E-state index in [-0.39, 0.29) is 12.2 Å². The second-order valence-electron chi connectivity index (χ2n) is 11.7. The molecule has 1 unspecified atom stereocenters. The number of thiazole rings is 1. The van der Waals surface area contributed by atoms with Gasteiger partial charge in [0.05, 0.1) is 46.4 Å². The second kappa shape index (κ2) is 14.3. The molecule has 0 fully saturated rings. The molecule has 0 spiro atoms. The fraction of sp³-hybridized carbons (Fsp3) is 0.146. The van der Waals surface area contributed by atoms with Gasteiger partial charge in [0, 0.05) is 15.7 Å². The highest BCUT2D eigenvalue weighted by molar-refractivity contribution is 9.10. The molecule has 1 aliphatic heterocycles. The molecule has 2 aromatic heterocycles. The Morgan fingerprint density at radius 1 is 0.880 bits per heavy atom. The van der Waals surface area contributed by atoms with Gasteiger partial charge >= 0.3 is 5.97 Å². The highest BCUT2D eigenvalue weighted by Crippen LogP contribution is 2.37. The normalized spacial score (nSPS) is 14.3. The SMILES string of the molecule is CCOC(=O)C1=C(C)N=c2s/c(=C\c3cc(-c4ccccc4)n(-c4ccc(Br)cc4)c3-c3ccccc3)c(=O)n2C1c1ccc(OCC)cc1. The molecule has 7 rings (SSSR count). The largest absolute Gasteiger partial charge is 0.494 e. The molecule has 3 heterocycles. The highest BCUT2D eigenvalue weighted by Gasteiger charge is 2.33. The zero-order valence-electron chi connectivity index (χ0n) is 27.8. The van der Waals surface area contributed by atoms with E-state index in [2.05, 4.69) is 63.0 Å². The van der Waals surface area contributed by atoms with Crippen LogP contribution in [0.3, 0.4) is 0 Å².